The number of aromatic nitrogens is 3. The lowest BCUT2D eigenvalue weighted by Crippen LogP contribution is -2.13. The van der Waals surface area contributed by atoms with Crippen LogP contribution in [-0.2, 0) is 25.9 Å². The molecule has 0 unspecified atom stereocenters. The zero-order chi connectivity index (χ0) is 15.2. The van der Waals surface area contributed by atoms with Crippen molar-refractivity contribution in [1.29, 1.82) is 0 Å². The highest BCUT2D eigenvalue weighted by Crippen LogP contribution is 2.16. The summed E-state index contributed by atoms with van der Waals surface area (Å²) >= 11 is 0. The summed E-state index contributed by atoms with van der Waals surface area (Å²) in [7, 11) is 0. The van der Waals surface area contributed by atoms with Gasteiger partial charge in [-0.05, 0) is 26.0 Å². The second-order valence-corrected chi connectivity index (χ2v) is 5.28. The maximum atomic E-state index is 5.86. The molecule has 5 nitrogen and oxygen atoms in total. The van der Waals surface area contributed by atoms with Crippen LogP contribution in [0.3, 0.4) is 0 Å². The molecule has 0 bridgehead atoms. The molecule has 0 aliphatic heterocycles. The van der Waals surface area contributed by atoms with Gasteiger partial charge in [-0.3, -0.25) is 0 Å². The van der Waals surface area contributed by atoms with E-state index in [-0.39, 0.29) is 0 Å². The highest BCUT2D eigenvalue weighted by atomic mass is 16.3. The number of aryl methyl sites for hydroxylation is 3. The predicted molar refractivity (Wildman–Crippen MR) is 83.3 cm³/mol. The third-order valence-electron chi connectivity index (χ3n) is 3.54. The molecule has 0 radical (unpaired) electrons. The molecule has 116 valence electrons. The molecule has 0 spiro atoms. The Morgan fingerprint density at radius 3 is 2.71 bits per heavy atom. The van der Waals surface area contributed by atoms with E-state index in [1.165, 1.54) is 5.56 Å². The van der Waals surface area contributed by atoms with E-state index in [0.717, 1.165) is 55.5 Å². The highest BCUT2D eigenvalue weighted by Gasteiger charge is 2.12. The summed E-state index contributed by atoms with van der Waals surface area (Å²) in [6.07, 6.45) is 2.89. The number of furan rings is 1. The summed E-state index contributed by atoms with van der Waals surface area (Å²) in [5, 5.41) is 7.95. The largest absolute Gasteiger partial charge is 0.464 e. The molecule has 0 amide bonds. The van der Waals surface area contributed by atoms with Crippen molar-refractivity contribution in [2.45, 2.75) is 60.0 Å². The standard InChI is InChI=1S/C16H26N4O/c1-5-8-17-10-13-9-14(21-12(13)4)11-20-16(7-3)18-15(6-2)19-20/h9,17H,5-8,10-11H2,1-4H3. The van der Waals surface area contributed by atoms with Gasteiger partial charge in [0.05, 0.1) is 0 Å². The van der Waals surface area contributed by atoms with Gasteiger partial charge >= 0.3 is 0 Å². The third kappa shape index (κ3) is 3.94. The van der Waals surface area contributed by atoms with Gasteiger partial charge in [0, 0.05) is 24.9 Å². The quantitative estimate of drug-likeness (QED) is 0.760. The van der Waals surface area contributed by atoms with E-state index in [9.17, 15) is 0 Å². The summed E-state index contributed by atoms with van der Waals surface area (Å²) in [6.45, 7) is 10.9. The molecular formula is C16H26N4O. The van der Waals surface area contributed by atoms with Crippen LogP contribution in [0.2, 0.25) is 0 Å². The topological polar surface area (TPSA) is 55.9 Å². The van der Waals surface area contributed by atoms with Crippen LogP contribution in [0.4, 0.5) is 0 Å². The number of hydrogen-bond donors (Lipinski definition) is 1. The van der Waals surface area contributed by atoms with Crippen molar-refractivity contribution in [3.05, 3.63) is 34.8 Å². The summed E-state index contributed by atoms with van der Waals surface area (Å²) in [5.41, 5.74) is 1.23. The van der Waals surface area contributed by atoms with Gasteiger partial charge in [-0.25, -0.2) is 9.67 Å². The van der Waals surface area contributed by atoms with Gasteiger partial charge in [0.25, 0.3) is 0 Å². The Labute approximate surface area is 126 Å². The van der Waals surface area contributed by atoms with Crippen LogP contribution in [0, 0.1) is 6.92 Å². The fourth-order valence-electron chi connectivity index (χ4n) is 2.35. The second-order valence-electron chi connectivity index (χ2n) is 5.28. The van der Waals surface area contributed by atoms with Crippen LogP contribution in [0.1, 0.15) is 55.9 Å². The number of nitrogens with zero attached hydrogens (tertiary/aromatic N) is 3. The Bertz CT molecular complexity index is 571. The van der Waals surface area contributed by atoms with E-state index in [1.807, 2.05) is 11.6 Å². The Hall–Kier alpha value is -1.62. The second kappa shape index (κ2) is 7.41. The van der Waals surface area contributed by atoms with Crippen molar-refractivity contribution >= 4 is 0 Å². The lowest BCUT2D eigenvalue weighted by atomic mass is 10.2. The van der Waals surface area contributed by atoms with Crippen LogP contribution in [0.15, 0.2) is 10.5 Å². The van der Waals surface area contributed by atoms with E-state index >= 15 is 0 Å². The molecule has 5 heteroatoms. The van der Waals surface area contributed by atoms with Gasteiger partial charge in [-0.15, -0.1) is 0 Å². The van der Waals surface area contributed by atoms with E-state index in [0.29, 0.717) is 6.54 Å². The van der Waals surface area contributed by atoms with Crippen molar-refractivity contribution in [1.82, 2.24) is 20.1 Å². The molecule has 0 aliphatic rings. The zero-order valence-electron chi connectivity index (χ0n) is 13.6. The highest BCUT2D eigenvalue weighted by molar-refractivity contribution is 5.21. The van der Waals surface area contributed by atoms with Gasteiger partial charge in [0.15, 0.2) is 5.82 Å². The first-order valence-corrected chi connectivity index (χ1v) is 7.89. The van der Waals surface area contributed by atoms with Crippen LogP contribution in [0.5, 0.6) is 0 Å². The van der Waals surface area contributed by atoms with Crippen LogP contribution >= 0.6 is 0 Å². The first-order chi connectivity index (χ1) is 10.2. The van der Waals surface area contributed by atoms with Crippen LogP contribution in [0.25, 0.3) is 0 Å². The minimum absolute atomic E-state index is 0.658. The molecule has 21 heavy (non-hydrogen) atoms. The predicted octanol–water partition coefficient (Wildman–Crippen LogP) is 2.85. The van der Waals surface area contributed by atoms with Crippen LogP contribution in [-0.4, -0.2) is 21.3 Å². The Kier molecular flexibility index (Phi) is 5.56. The Morgan fingerprint density at radius 2 is 2.05 bits per heavy atom. The fraction of sp³-hybridized carbons (Fsp3) is 0.625. The lowest BCUT2D eigenvalue weighted by Gasteiger charge is -2.01. The molecule has 2 heterocycles. The average Bonchev–Trinajstić information content (AvgIpc) is 3.03. The SMILES string of the molecule is CCCNCc1cc(Cn2nc(CC)nc2CC)oc1C. The van der Waals surface area contributed by atoms with Crippen molar-refractivity contribution in [3.8, 4) is 0 Å². The number of hydrogen-bond acceptors (Lipinski definition) is 4. The zero-order valence-corrected chi connectivity index (χ0v) is 13.6. The molecule has 0 fully saturated rings. The minimum atomic E-state index is 0.658. The molecule has 1 N–H and O–H groups in total. The lowest BCUT2D eigenvalue weighted by molar-refractivity contribution is 0.450. The van der Waals surface area contributed by atoms with Crippen molar-refractivity contribution in [2.75, 3.05) is 6.54 Å². The van der Waals surface area contributed by atoms with Gasteiger partial charge in [-0.2, -0.15) is 5.10 Å². The third-order valence-corrected chi connectivity index (χ3v) is 3.54. The summed E-state index contributed by atoms with van der Waals surface area (Å²) in [4.78, 5) is 4.53. The fourth-order valence-corrected chi connectivity index (χ4v) is 2.35. The first kappa shape index (κ1) is 15.8. The molecule has 0 saturated carbocycles. The Morgan fingerprint density at radius 1 is 1.24 bits per heavy atom. The maximum absolute atomic E-state index is 5.86. The summed E-state index contributed by atoms with van der Waals surface area (Å²) in [5.74, 6) is 3.86. The molecule has 0 aliphatic carbocycles. The van der Waals surface area contributed by atoms with Crippen molar-refractivity contribution in [2.24, 2.45) is 0 Å². The molecule has 2 aromatic rings. The summed E-state index contributed by atoms with van der Waals surface area (Å²) in [6, 6.07) is 2.13. The monoisotopic (exact) mass is 290 g/mol. The van der Waals surface area contributed by atoms with Crippen molar-refractivity contribution < 1.29 is 4.42 Å². The first-order valence-electron chi connectivity index (χ1n) is 7.89. The van der Waals surface area contributed by atoms with Gasteiger partial charge < -0.3 is 9.73 Å². The normalized spacial score (nSPS) is 11.2. The van der Waals surface area contributed by atoms with Gasteiger partial charge in [0.2, 0.25) is 0 Å². The van der Waals surface area contributed by atoms with Gasteiger partial charge in [-0.1, -0.05) is 20.8 Å². The molecule has 2 rings (SSSR count). The van der Waals surface area contributed by atoms with Crippen LogP contribution < -0.4 is 5.32 Å². The number of rotatable bonds is 8. The van der Waals surface area contributed by atoms with E-state index in [1.54, 1.807) is 0 Å². The average molecular weight is 290 g/mol. The van der Waals surface area contributed by atoms with Gasteiger partial charge in [0.1, 0.15) is 23.9 Å². The maximum Gasteiger partial charge on any atom is 0.150 e. The Balaban J connectivity index is 2.09. The van der Waals surface area contributed by atoms with Crippen molar-refractivity contribution in [3.63, 3.8) is 0 Å². The smallest absolute Gasteiger partial charge is 0.150 e. The van der Waals surface area contributed by atoms with E-state index in [4.69, 9.17) is 4.42 Å². The molecule has 0 aromatic carbocycles. The van der Waals surface area contributed by atoms with E-state index in [2.05, 4.69) is 42.2 Å². The molecule has 2 aromatic heterocycles. The molecule has 0 atom stereocenters. The number of nitrogens with one attached hydrogen (secondary N) is 1. The summed E-state index contributed by atoms with van der Waals surface area (Å²) < 4.78 is 7.82. The minimum Gasteiger partial charge on any atom is -0.464 e. The molecule has 0 saturated heterocycles. The van der Waals surface area contributed by atoms with E-state index < -0.39 is 0 Å². The molecular weight excluding hydrogens is 264 g/mol.